The van der Waals surface area contributed by atoms with E-state index < -0.39 is 17.9 Å². The van der Waals surface area contributed by atoms with E-state index in [4.69, 9.17) is 21.1 Å². The van der Waals surface area contributed by atoms with Crippen molar-refractivity contribution < 1.29 is 28.9 Å². The van der Waals surface area contributed by atoms with Gasteiger partial charge in [-0.25, -0.2) is 9.18 Å². The number of carboxylic acids is 1. The standard InChI is InChI=1S/C29H33ClFNO5/c1-18(22-7-5-6-8-23(22)20-10-11-24(28(34)35)27(14-20)36-4)37-17-21(33)16-32-29(2,3)15-19-9-12-25(30)26(31)13-19/h5-14,18,21,32-33H,15-17H2,1-4H3,(H,34,35)/t18?,21-/m0/s1. The summed E-state index contributed by atoms with van der Waals surface area (Å²) in [6.45, 7) is 6.27. The third kappa shape index (κ3) is 7.76. The summed E-state index contributed by atoms with van der Waals surface area (Å²) in [5.41, 5.74) is 3.10. The van der Waals surface area contributed by atoms with Crippen LogP contribution in [0.4, 0.5) is 4.39 Å². The molecule has 8 heteroatoms. The van der Waals surface area contributed by atoms with E-state index in [-0.39, 0.29) is 34.6 Å². The first-order chi connectivity index (χ1) is 17.5. The van der Waals surface area contributed by atoms with Crippen molar-refractivity contribution in [2.45, 2.75) is 44.9 Å². The Morgan fingerprint density at radius 1 is 1.14 bits per heavy atom. The van der Waals surface area contributed by atoms with Gasteiger partial charge < -0.3 is 25.0 Å². The van der Waals surface area contributed by atoms with Crippen molar-refractivity contribution >= 4 is 17.6 Å². The average Bonchev–Trinajstić information content (AvgIpc) is 2.87. The van der Waals surface area contributed by atoms with Crippen LogP contribution in [0, 0.1) is 5.82 Å². The fourth-order valence-corrected chi connectivity index (χ4v) is 4.29. The Kier molecular flexibility index (Phi) is 9.68. The highest BCUT2D eigenvalue weighted by molar-refractivity contribution is 6.30. The number of hydrogen-bond donors (Lipinski definition) is 3. The number of carbonyl (C=O) groups is 1. The number of ether oxygens (including phenoxy) is 2. The Morgan fingerprint density at radius 3 is 2.54 bits per heavy atom. The van der Waals surface area contributed by atoms with Crippen LogP contribution < -0.4 is 10.1 Å². The molecule has 37 heavy (non-hydrogen) atoms. The van der Waals surface area contributed by atoms with E-state index in [0.717, 1.165) is 22.3 Å². The summed E-state index contributed by atoms with van der Waals surface area (Å²) in [6.07, 6.45) is -0.533. The zero-order valence-electron chi connectivity index (χ0n) is 21.4. The number of nitrogens with one attached hydrogen (secondary N) is 1. The van der Waals surface area contributed by atoms with Crippen molar-refractivity contribution in [1.29, 1.82) is 0 Å². The number of benzene rings is 3. The van der Waals surface area contributed by atoms with Crippen LogP contribution in [0.3, 0.4) is 0 Å². The number of methoxy groups -OCH3 is 1. The van der Waals surface area contributed by atoms with E-state index in [9.17, 15) is 19.4 Å². The lowest BCUT2D eigenvalue weighted by molar-refractivity contribution is -0.00397. The zero-order valence-corrected chi connectivity index (χ0v) is 22.2. The second kappa shape index (κ2) is 12.5. The first-order valence-electron chi connectivity index (χ1n) is 12.0. The molecule has 0 fully saturated rings. The molecule has 0 aliphatic rings. The monoisotopic (exact) mass is 529 g/mol. The molecule has 2 atom stereocenters. The molecule has 3 aromatic rings. The molecular formula is C29H33ClFNO5. The van der Waals surface area contributed by atoms with Crippen LogP contribution in [-0.2, 0) is 11.2 Å². The lowest BCUT2D eigenvalue weighted by Gasteiger charge is -2.28. The van der Waals surface area contributed by atoms with Crippen molar-refractivity contribution in [1.82, 2.24) is 5.32 Å². The number of halogens is 2. The highest BCUT2D eigenvalue weighted by Gasteiger charge is 2.21. The minimum absolute atomic E-state index is 0.0905. The summed E-state index contributed by atoms with van der Waals surface area (Å²) in [4.78, 5) is 11.4. The van der Waals surface area contributed by atoms with Gasteiger partial charge in [0.15, 0.2) is 0 Å². The van der Waals surface area contributed by atoms with Crippen molar-refractivity contribution in [3.63, 3.8) is 0 Å². The topological polar surface area (TPSA) is 88.0 Å². The zero-order chi connectivity index (χ0) is 27.2. The second-order valence-electron chi connectivity index (χ2n) is 9.63. The quantitative estimate of drug-likeness (QED) is 0.271. The Hall–Kier alpha value is -2.97. The summed E-state index contributed by atoms with van der Waals surface area (Å²) in [5.74, 6) is -1.23. The van der Waals surface area contributed by atoms with E-state index in [1.807, 2.05) is 45.0 Å². The Balaban J connectivity index is 1.61. The van der Waals surface area contributed by atoms with E-state index in [2.05, 4.69) is 5.32 Å². The van der Waals surface area contributed by atoms with Crippen molar-refractivity contribution in [3.8, 4) is 16.9 Å². The molecule has 0 radical (unpaired) electrons. The predicted octanol–water partition coefficient (Wildman–Crippen LogP) is 5.90. The first kappa shape index (κ1) is 28.6. The summed E-state index contributed by atoms with van der Waals surface area (Å²) in [7, 11) is 1.44. The van der Waals surface area contributed by atoms with Gasteiger partial charge in [0.05, 0.1) is 30.9 Å². The lowest BCUT2D eigenvalue weighted by Crippen LogP contribution is -2.46. The lowest BCUT2D eigenvalue weighted by atomic mass is 9.94. The minimum Gasteiger partial charge on any atom is -0.496 e. The summed E-state index contributed by atoms with van der Waals surface area (Å²) < 4.78 is 25.0. The smallest absolute Gasteiger partial charge is 0.339 e. The highest BCUT2D eigenvalue weighted by atomic mass is 35.5. The molecule has 0 heterocycles. The van der Waals surface area contributed by atoms with Crippen LogP contribution in [-0.4, -0.2) is 48.1 Å². The summed E-state index contributed by atoms with van der Waals surface area (Å²) in [5, 5.41) is 23.3. The number of hydrogen-bond acceptors (Lipinski definition) is 5. The van der Waals surface area contributed by atoms with Crippen LogP contribution in [0.5, 0.6) is 5.75 Å². The normalized spacial score (nSPS) is 13.3. The van der Waals surface area contributed by atoms with Crippen LogP contribution in [0.15, 0.2) is 60.7 Å². The third-order valence-corrected chi connectivity index (χ3v) is 6.43. The molecule has 0 amide bonds. The molecule has 0 aromatic heterocycles. The molecule has 6 nitrogen and oxygen atoms in total. The maximum Gasteiger partial charge on any atom is 0.339 e. The SMILES string of the molecule is COc1cc(-c2ccccc2C(C)OC[C@@H](O)CNC(C)(C)Cc2ccc(Cl)c(F)c2)ccc1C(=O)O. The van der Waals surface area contributed by atoms with Gasteiger partial charge in [-0.1, -0.05) is 48.0 Å². The van der Waals surface area contributed by atoms with Crippen LogP contribution in [0.1, 0.15) is 48.4 Å². The molecule has 198 valence electrons. The van der Waals surface area contributed by atoms with Crippen molar-refractivity contribution in [2.75, 3.05) is 20.3 Å². The van der Waals surface area contributed by atoms with Gasteiger partial charge in [0.25, 0.3) is 0 Å². The molecule has 3 aromatic carbocycles. The molecule has 0 aliphatic heterocycles. The van der Waals surface area contributed by atoms with Gasteiger partial charge in [-0.3, -0.25) is 0 Å². The maximum absolute atomic E-state index is 13.8. The van der Waals surface area contributed by atoms with Gasteiger partial charge in [-0.2, -0.15) is 0 Å². The molecule has 1 unspecified atom stereocenters. The Morgan fingerprint density at radius 2 is 1.86 bits per heavy atom. The minimum atomic E-state index is -1.06. The first-order valence-corrected chi connectivity index (χ1v) is 12.4. The molecule has 0 saturated carbocycles. The largest absolute Gasteiger partial charge is 0.496 e. The molecule has 0 saturated heterocycles. The second-order valence-corrected chi connectivity index (χ2v) is 10.0. The predicted molar refractivity (Wildman–Crippen MR) is 143 cm³/mol. The molecule has 0 spiro atoms. The molecule has 3 N–H and O–H groups in total. The van der Waals surface area contributed by atoms with E-state index >= 15 is 0 Å². The van der Waals surface area contributed by atoms with Crippen LogP contribution >= 0.6 is 11.6 Å². The molecule has 0 bridgehead atoms. The van der Waals surface area contributed by atoms with Gasteiger partial charge in [-0.15, -0.1) is 0 Å². The summed E-state index contributed by atoms with van der Waals surface area (Å²) >= 11 is 5.77. The van der Waals surface area contributed by atoms with E-state index in [0.29, 0.717) is 13.0 Å². The number of rotatable bonds is 12. The van der Waals surface area contributed by atoms with Crippen LogP contribution in [0.25, 0.3) is 11.1 Å². The summed E-state index contributed by atoms with van der Waals surface area (Å²) in [6, 6.07) is 17.4. The molecular weight excluding hydrogens is 497 g/mol. The van der Waals surface area contributed by atoms with Gasteiger partial charge in [0.1, 0.15) is 17.1 Å². The number of β-amino-alcohol motifs (C(OH)–C–C–N with tert-alkyl or cyclic N) is 1. The number of aliphatic hydroxyl groups excluding tert-OH is 1. The Bertz CT molecular complexity index is 1230. The maximum atomic E-state index is 13.8. The van der Waals surface area contributed by atoms with E-state index in [1.54, 1.807) is 24.3 Å². The third-order valence-electron chi connectivity index (χ3n) is 6.13. The average molecular weight is 530 g/mol. The van der Waals surface area contributed by atoms with Gasteiger partial charge in [0, 0.05) is 12.1 Å². The van der Waals surface area contributed by atoms with Crippen molar-refractivity contribution in [3.05, 3.63) is 88.2 Å². The highest BCUT2D eigenvalue weighted by Crippen LogP contribution is 2.33. The number of aliphatic hydroxyl groups is 1. The van der Waals surface area contributed by atoms with Gasteiger partial charge >= 0.3 is 5.97 Å². The number of aromatic carboxylic acids is 1. The van der Waals surface area contributed by atoms with Crippen molar-refractivity contribution in [2.24, 2.45) is 0 Å². The van der Waals surface area contributed by atoms with Crippen LogP contribution in [0.2, 0.25) is 5.02 Å². The van der Waals surface area contributed by atoms with Gasteiger partial charge in [-0.05, 0) is 73.7 Å². The Labute approximate surface area is 222 Å². The van der Waals surface area contributed by atoms with Gasteiger partial charge in [0.2, 0.25) is 0 Å². The molecule has 3 rings (SSSR count). The fourth-order valence-electron chi connectivity index (χ4n) is 4.17. The van der Waals surface area contributed by atoms with E-state index in [1.165, 1.54) is 19.2 Å². The molecule has 0 aliphatic carbocycles. The fraction of sp³-hybridized carbons (Fsp3) is 0.345. The number of carboxylic acid groups (broad SMARTS) is 1.